The van der Waals surface area contributed by atoms with Gasteiger partial charge in [0.1, 0.15) is 12.6 Å². The molecular formula is C32H30ClF4N3O5. The van der Waals surface area contributed by atoms with E-state index in [-0.39, 0.29) is 12.5 Å². The Morgan fingerprint density at radius 1 is 1.00 bits per heavy atom. The Balaban J connectivity index is 1.85. The summed E-state index contributed by atoms with van der Waals surface area (Å²) >= 11 is 5.99. The third-order valence-corrected chi connectivity index (χ3v) is 7.10. The fraction of sp³-hybridized carbons (Fsp3) is 0.250. The quantitative estimate of drug-likeness (QED) is 0.140. The first kappa shape index (κ1) is 34.8. The molecule has 3 aromatic carbocycles. The molecule has 0 heterocycles. The van der Waals surface area contributed by atoms with Crippen LogP contribution in [-0.2, 0) is 19.2 Å². The van der Waals surface area contributed by atoms with Crippen LogP contribution in [0, 0.1) is 30.2 Å². The van der Waals surface area contributed by atoms with Crippen LogP contribution >= 0.6 is 11.6 Å². The summed E-state index contributed by atoms with van der Waals surface area (Å²) in [6.45, 7) is 2.26. The molecule has 0 saturated carbocycles. The minimum absolute atomic E-state index is 0.0210. The summed E-state index contributed by atoms with van der Waals surface area (Å²) in [5.41, 5.74) is 1.99. The molecule has 0 bridgehead atoms. The molecule has 8 nitrogen and oxygen atoms in total. The molecule has 45 heavy (non-hydrogen) atoms. The Labute approximate surface area is 262 Å². The van der Waals surface area contributed by atoms with Crippen molar-refractivity contribution >= 4 is 47.4 Å². The first-order chi connectivity index (χ1) is 21.4. The number of amides is 3. The van der Waals surface area contributed by atoms with E-state index in [1.807, 2.05) is 0 Å². The van der Waals surface area contributed by atoms with Crippen LogP contribution in [0.3, 0.4) is 0 Å². The van der Waals surface area contributed by atoms with Gasteiger partial charge in [-0.15, -0.1) is 0 Å². The zero-order valence-electron chi connectivity index (χ0n) is 24.5. The number of Topliss-reactive ketones (excluding diaryl/α,β-unsaturated/α-hetero) is 1. The predicted octanol–water partition coefficient (Wildman–Crippen LogP) is 5.60. The number of rotatable bonds is 14. The summed E-state index contributed by atoms with van der Waals surface area (Å²) in [7, 11) is 1.43. The summed E-state index contributed by atoms with van der Waals surface area (Å²) in [4.78, 5) is 54.0. The van der Waals surface area contributed by atoms with Crippen LogP contribution in [0.4, 0.5) is 23.2 Å². The van der Waals surface area contributed by atoms with E-state index in [1.54, 1.807) is 68.5 Å². The van der Waals surface area contributed by atoms with E-state index >= 15 is 0 Å². The Morgan fingerprint density at radius 2 is 1.64 bits per heavy atom. The van der Waals surface area contributed by atoms with Crippen LogP contribution < -0.4 is 15.0 Å². The highest BCUT2D eigenvalue weighted by molar-refractivity contribution is 6.30. The number of carbonyl (C=O) groups is 4. The molecule has 0 aliphatic rings. The van der Waals surface area contributed by atoms with Crippen LogP contribution in [0.2, 0.25) is 5.02 Å². The molecule has 0 fully saturated rings. The minimum Gasteiger partial charge on any atom is -0.479 e. The number of para-hydroxylation sites is 1. The van der Waals surface area contributed by atoms with Gasteiger partial charge in [-0.3, -0.25) is 19.2 Å². The summed E-state index contributed by atoms with van der Waals surface area (Å²) in [5.74, 6) is -11.2. The lowest BCUT2D eigenvalue weighted by molar-refractivity contribution is -0.135. The Bertz CT molecular complexity index is 1560. The SMILES string of the molecule is CCC(C(=O)NC(CC(=O)N(C)c1ccccc1)C(=O)COc1c(F)c(F)cc(F)c1F)N(C=O)/C=C\c1ccc(Cl)cc1C. The summed E-state index contributed by atoms with van der Waals surface area (Å²) < 4.78 is 60.3. The van der Waals surface area contributed by atoms with E-state index in [0.29, 0.717) is 17.1 Å². The van der Waals surface area contributed by atoms with Crippen molar-refractivity contribution in [2.24, 2.45) is 0 Å². The second-order valence-electron chi connectivity index (χ2n) is 9.90. The third-order valence-electron chi connectivity index (χ3n) is 6.86. The molecule has 0 radical (unpaired) electrons. The fourth-order valence-corrected chi connectivity index (χ4v) is 4.51. The van der Waals surface area contributed by atoms with Gasteiger partial charge in [-0.1, -0.05) is 42.8 Å². The van der Waals surface area contributed by atoms with Gasteiger partial charge in [-0.05, 0) is 54.8 Å². The van der Waals surface area contributed by atoms with E-state index in [0.717, 1.165) is 16.0 Å². The van der Waals surface area contributed by atoms with Gasteiger partial charge in [0, 0.05) is 30.0 Å². The molecule has 2 atom stereocenters. The van der Waals surface area contributed by atoms with Gasteiger partial charge in [0.25, 0.3) is 0 Å². The van der Waals surface area contributed by atoms with Crippen molar-refractivity contribution in [2.75, 3.05) is 18.6 Å². The van der Waals surface area contributed by atoms with E-state index < -0.39 is 71.7 Å². The maximum Gasteiger partial charge on any atom is 0.243 e. The highest BCUT2D eigenvalue weighted by atomic mass is 35.5. The van der Waals surface area contributed by atoms with Gasteiger partial charge < -0.3 is 19.9 Å². The van der Waals surface area contributed by atoms with Gasteiger partial charge in [-0.2, -0.15) is 8.78 Å². The Kier molecular flexibility index (Phi) is 12.2. The van der Waals surface area contributed by atoms with E-state index in [4.69, 9.17) is 16.3 Å². The lowest BCUT2D eigenvalue weighted by Gasteiger charge is -2.27. The van der Waals surface area contributed by atoms with Crippen molar-refractivity contribution in [3.8, 4) is 5.75 Å². The molecule has 3 rings (SSSR count). The number of hydrogen-bond acceptors (Lipinski definition) is 5. The van der Waals surface area contributed by atoms with Crippen LogP contribution in [0.5, 0.6) is 5.75 Å². The topological polar surface area (TPSA) is 96.0 Å². The molecule has 0 aromatic heterocycles. The first-order valence-electron chi connectivity index (χ1n) is 13.6. The zero-order chi connectivity index (χ0) is 33.3. The van der Waals surface area contributed by atoms with Crippen molar-refractivity contribution in [1.82, 2.24) is 10.2 Å². The van der Waals surface area contributed by atoms with Gasteiger partial charge in [0.05, 0.1) is 12.5 Å². The molecule has 13 heteroatoms. The monoisotopic (exact) mass is 647 g/mol. The van der Waals surface area contributed by atoms with E-state index in [2.05, 4.69) is 5.32 Å². The van der Waals surface area contributed by atoms with Crippen molar-refractivity contribution in [1.29, 1.82) is 0 Å². The molecule has 0 aliphatic carbocycles. The lowest BCUT2D eigenvalue weighted by Crippen LogP contribution is -2.52. The molecule has 0 spiro atoms. The molecule has 0 saturated heterocycles. The van der Waals surface area contributed by atoms with E-state index in [9.17, 15) is 36.7 Å². The molecular weight excluding hydrogens is 618 g/mol. The van der Waals surface area contributed by atoms with Crippen molar-refractivity contribution in [2.45, 2.75) is 38.8 Å². The average molecular weight is 648 g/mol. The molecule has 3 aromatic rings. The lowest BCUT2D eigenvalue weighted by atomic mass is 10.1. The number of aryl methyl sites for hydroxylation is 1. The maximum absolute atomic E-state index is 14.1. The number of ketones is 1. The number of nitrogens with zero attached hydrogens (tertiary/aromatic N) is 2. The van der Waals surface area contributed by atoms with Crippen molar-refractivity contribution in [3.63, 3.8) is 0 Å². The van der Waals surface area contributed by atoms with Crippen molar-refractivity contribution in [3.05, 3.63) is 100 Å². The van der Waals surface area contributed by atoms with Crippen LogP contribution in [0.15, 0.2) is 60.8 Å². The summed E-state index contributed by atoms with van der Waals surface area (Å²) in [6.07, 6.45) is 2.83. The third kappa shape index (κ3) is 8.91. The van der Waals surface area contributed by atoms with Crippen molar-refractivity contribution < 1.29 is 41.5 Å². The number of hydrogen-bond donors (Lipinski definition) is 1. The number of anilines is 1. The average Bonchev–Trinajstić information content (AvgIpc) is 3.02. The Morgan fingerprint density at radius 3 is 2.22 bits per heavy atom. The molecule has 3 amide bonds. The minimum atomic E-state index is -1.86. The van der Waals surface area contributed by atoms with E-state index in [1.165, 1.54) is 18.1 Å². The second kappa shape index (κ2) is 15.8. The fourth-order valence-electron chi connectivity index (χ4n) is 4.28. The maximum atomic E-state index is 14.1. The molecule has 238 valence electrons. The van der Waals surface area contributed by atoms with Gasteiger partial charge in [-0.25, -0.2) is 8.78 Å². The largest absolute Gasteiger partial charge is 0.479 e. The Hall–Kier alpha value is -4.71. The van der Waals surface area contributed by atoms with Crippen LogP contribution in [0.25, 0.3) is 6.08 Å². The van der Waals surface area contributed by atoms with Gasteiger partial charge in [0.15, 0.2) is 23.2 Å². The van der Waals surface area contributed by atoms with Gasteiger partial charge >= 0.3 is 0 Å². The van der Waals surface area contributed by atoms with Crippen LogP contribution in [-0.4, -0.2) is 54.6 Å². The second-order valence-corrected chi connectivity index (χ2v) is 10.3. The summed E-state index contributed by atoms with van der Waals surface area (Å²) in [5, 5.41) is 2.94. The number of nitrogens with one attached hydrogen (secondary N) is 1. The first-order valence-corrected chi connectivity index (χ1v) is 14.0. The standard InChI is InChI=1S/C32H30ClF4N3O5/c1-4-26(40(18-41)13-12-20-10-11-21(33)14-19(20)2)32(44)38-25(16-28(43)39(3)22-8-6-5-7-9-22)27(42)17-45-31-29(36)23(34)15-24(35)30(31)37/h5-15,18,25-26H,4,16-17H2,1-3H3,(H,38,44)/b13-12-. The summed E-state index contributed by atoms with van der Waals surface area (Å²) in [6, 6.07) is 10.7. The number of halogens is 5. The highest BCUT2D eigenvalue weighted by Gasteiger charge is 2.31. The van der Waals surface area contributed by atoms with Crippen LogP contribution in [0.1, 0.15) is 30.9 Å². The highest BCUT2D eigenvalue weighted by Crippen LogP contribution is 2.26. The number of benzene rings is 3. The predicted molar refractivity (Wildman–Crippen MR) is 160 cm³/mol. The van der Waals surface area contributed by atoms with Gasteiger partial charge in [0.2, 0.25) is 29.9 Å². The smallest absolute Gasteiger partial charge is 0.243 e. The molecule has 1 N–H and O–H groups in total. The normalized spacial score (nSPS) is 12.4. The number of carbonyl (C=O) groups excluding carboxylic acids is 4. The number of ether oxygens (including phenoxy) is 1. The molecule has 0 aliphatic heterocycles. The zero-order valence-corrected chi connectivity index (χ0v) is 25.3. The molecule has 2 unspecified atom stereocenters.